The van der Waals surface area contributed by atoms with Crippen molar-refractivity contribution in [3.8, 4) is 0 Å². The van der Waals surface area contributed by atoms with Crippen molar-refractivity contribution in [2.75, 3.05) is 0 Å². The first-order valence-electron chi connectivity index (χ1n) is 9.13. The largest absolute Gasteiger partial charge is 0.0651 e. The van der Waals surface area contributed by atoms with Crippen molar-refractivity contribution in [1.82, 2.24) is 0 Å². The Labute approximate surface area is 156 Å². The van der Waals surface area contributed by atoms with Gasteiger partial charge in [-0.1, -0.05) is 86.4 Å². The molecule has 2 heteroatoms. The fourth-order valence-corrected chi connectivity index (χ4v) is 4.48. The smallest absolute Gasteiger partial charge is 0.0186 e. The van der Waals surface area contributed by atoms with Crippen molar-refractivity contribution in [3.63, 3.8) is 0 Å². The lowest BCUT2D eigenvalue weighted by molar-refractivity contribution is 0.560. The van der Waals surface area contributed by atoms with Gasteiger partial charge in [0.2, 0.25) is 0 Å². The lowest BCUT2D eigenvalue weighted by Crippen LogP contribution is -1.97. The number of hydrogen-bond donors (Lipinski definition) is 0. The van der Waals surface area contributed by atoms with Crippen molar-refractivity contribution in [1.29, 1.82) is 0 Å². The van der Waals surface area contributed by atoms with Gasteiger partial charge in [0.05, 0.1) is 0 Å². The molecule has 0 heterocycles. The van der Waals surface area contributed by atoms with Crippen LogP contribution >= 0.6 is 21.6 Å². The van der Waals surface area contributed by atoms with Gasteiger partial charge in [-0.05, 0) is 60.1 Å². The molecule has 0 spiro atoms. The molecule has 2 aromatic rings. The Morgan fingerprint density at radius 2 is 0.958 bits per heavy atom. The Hall–Kier alpha value is -0.860. The van der Waals surface area contributed by atoms with Gasteiger partial charge >= 0.3 is 0 Å². The van der Waals surface area contributed by atoms with Crippen molar-refractivity contribution in [2.24, 2.45) is 11.8 Å². The highest BCUT2D eigenvalue weighted by Crippen LogP contribution is 2.37. The topological polar surface area (TPSA) is 0 Å². The Morgan fingerprint density at radius 1 is 0.625 bits per heavy atom. The summed E-state index contributed by atoms with van der Waals surface area (Å²) in [4.78, 5) is 2.66. The van der Waals surface area contributed by atoms with Gasteiger partial charge in [0.15, 0.2) is 0 Å². The van der Waals surface area contributed by atoms with Crippen LogP contribution in [0, 0.1) is 11.8 Å². The quantitative estimate of drug-likeness (QED) is 0.422. The highest BCUT2D eigenvalue weighted by Gasteiger charge is 2.04. The molecule has 130 valence electrons. The van der Waals surface area contributed by atoms with E-state index in [1.54, 1.807) is 0 Å². The van der Waals surface area contributed by atoms with Crippen LogP contribution < -0.4 is 0 Å². The Balaban J connectivity index is 1.84. The number of hydrogen-bond acceptors (Lipinski definition) is 2. The average Bonchev–Trinajstić information content (AvgIpc) is 2.62. The van der Waals surface area contributed by atoms with E-state index in [2.05, 4.69) is 76.2 Å². The Bertz CT molecular complexity index is 531. The molecule has 2 unspecified atom stereocenters. The van der Waals surface area contributed by atoms with Gasteiger partial charge < -0.3 is 0 Å². The van der Waals surface area contributed by atoms with Crippen molar-refractivity contribution in [2.45, 2.75) is 63.2 Å². The van der Waals surface area contributed by atoms with Crippen LogP contribution in [0.4, 0.5) is 0 Å². The maximum atomic E-state index is 2.32. The monoisotopic (exact) mass is 358 g/mol. The van der Waals surface area contributed by atoms with Gasteiger partial charge in [0.1, 0.15) is 0 Å². The molecule has 2 rings (SSSR count). The molecule has 0 aliphatic rings. The summed E-state index contributed by atoms with van der Waals surface area (Å²) in [6.45, 7) is 9.17. The molecule has 0 aromatic heterocycles. The summed E-state index contributed by atoms with van der Waals surface area (Å²) in [6, 6.07) is 18.2. The van der Waals surface area contributed by atoms with Crippen molar-refractivity contribution < 1.29 is 0 Å². The molecular formula is C22H30S2. The third kappa shape index (κ3) is 6.57. The molecule has 0 saturated carbocycles. The molecule has 2 aromatic carbocycles. The van der Waals surface area contributed by atoms with Gasteiger partial charge in [-0.15, -0.1) is 0 Å². The molecule has 0 N–H and O–H groups in total. The van der Waals surface area contributed by atoms with Crippen LogP contribution in [-0.2, 0) is 12.8 Å². The van der Waals surface area contributed by atoms with Gasteiger partial charge in [-0.25, -0.2) is 0 Å². The highest BCUT2D eigenvalue weighted by atomic mass is 33.1. The van der Waals surface area contributed by atoms with Crippen LogP contribution in [0.5, 0.6) is 0 Å². The van der Waals surface area contributed by atoms with E-state index in [4.69, 9.17) is 0 Å². The lowest BCUT2D eigenvalue weighted by atomic mass is 9.99. The van der Waals surface area contributed by atoms with E-state index in [1.165, 1.54) is 46.6 Å². The first-order chi connectivity index (χ1) is 11.6. The maximum Gasteiger partial charge on any atom is 0.0186 e. The molecule has 0 fully saturated rings. The van der Waals surface area contributed by atoms with E-state index in [9.17, 15) is 0 Å². The van der Waals surface area contributed by atoms with Gasteiger partial charge in [-0.2, -0.15) is 0 Å². The summed E-state index contributed by atoms with van der Waals surface area (Å²) in [6.07, 6.45) is 4.87. The third-order valence-electron chi connectivity index (χ3n) is 4.64. The van der Waals surface area contributed by atoms with Crippen molar-refractivity contribution >= 4 is 21.6 Å². The minimum atomic E-state index is 0.770. The molecule has 0 saturated heterocycles. The zero-order chi connectivity index (χ0) is 17.4. The van der Waals surface area contributed by atoms with Crippen LogP contribution in [-0.4, -0.2) is 0 Å². The van der Waals surface area contributed by atoms with E-state index in [1.807, 2.05) is 21.6 Å². The fourth-order valence-electron chi connectivity index (χ4n) is 2.55. The molecule has 0 bridgehead atoms. The van der Waals surface area contributed by atoms with Gasteiger partial charge in [0, 0.05) is 9.79 Å². The van der Waals surface area contributed by atoms with Crippen LogP contribution in [0.1, 0.15) is 51.7 Å². The van der Waals surface area contributed by atoms with Crippen LogP contribution in [0.2, 0.25) is 0 Å². The van der Waals surface area contributed by atoms with E-state index in [0.29, 0.717) is 0 Å². The van der Waals surface area contributed by atoms with Crippen LogP contribution in [0.25, 0.3) is 0 Å². The predicted octanol–water partition coefficient (Wildman–Crippen LogP) is 7.66. The molecule has 0 aliphatic carbocycles. The molecule has 0 aliphatic heterocycles. The number of benzene rings is 2. The molecule has 0 nitrogen and oxygen atoms in total. The predicted molar refractivity (Wildman–Crippen MR) is 111 cm³/mol. The summed E-state index contributed by atoms with van der Waals surface area (Å²) in [7, 11) is 3.70. The molecule has 24 heavy (non-hydrogen) atoms. The van der Waals surface area contributed by atoms with E-state index in [0.717, 1.165) is 11.8 Å². The SMILES string of the molecule is CCC(C)Cc1ccc(SSc2ccc(CC(C)CC)cc2)cc1. The fraction of sp³-hybridized carbons (Fsp3) is 0.455. The first-order valence-corrected chi connectivity index (χ1v) is 11.3. The lowest BCUT2D eigenvalue weighted by Gasteiger charge is -2.09. The summed E-state index contributed by atoms with van der Waals surface area (Å²) >= 11 is 0. The van der Waals surface area contributed by atoms with Crippen LogP contribution in [0.15, 0.2) is 58.3 Å². The molecular weight excluding hydrogens is 328 g/mol. The summed E-state index contributed by atoms with van der Waals surface area (Å²) in [5, 5.41) is 0. The maximum absolute atomic E-state index is 2.32. The zero-order valence-electron chi connectivity index (χ0n) is 15.4. The summed E-state index contributed by atoms with van der Waals surface area (Å²) < 4.78 is 0. The second-order valence-corrected chi connectivity index (χ2v) is 9.17. The van der Waals surface area contributed by atoms with Gasteiger partial charge in [-0.3, -0.25) is 0 Å². The first kappa shape index (κ1) is 19.5. The summed E-state index contributed by atoms with van der Waals surface area (Å²) in [5.41, 5.74) is 2.90. The minimum Gasteiger partial charge on any atom is -0.0651 e. The van der Waals surface area contributed by atoms with Gasteiger partial charge in [0.25, 0.3) is 0 Å². The zero-order valence-corrected chi connectivity index (χ0v) is 17.1. The second kappa shape index (κ2) is 10.2. The van der Waals surface area contributed by atoms with E-state index >= 15 is 0 Å². The van der Waals surface area contributed by atoms with Crippen LogP contribution in [0.3, 0.4) is 0 Å². The molecule has 2 atom stereocenters. The second-order valence-electron chi connectivity index (χ2n) is 6.89. The summed E-state index contributed by atoms with van der Waals surface area (Å²) in [5.74, 6) is 1.54. The number of rotatable bonds is 9. The third-order valence-corrected chi connectivity index (χ3v) is 7.06. The Morgan fingerprint density at radius 3 is 1.25 bits per heavy atom. The van der Waals surface area contributed by atoms with E-state index < -0.39 is 0 Å². The Kier molecular flexibility index (Phi) is 8.28. The standard InChI is InChI=1S/C22H30S2/c1-5-17(3)15-19-7-11-21(12-8-19)23-24-22-13-9-20(10-14-22)16-18(4)6-2/h7-14,17-18H,5-6,15-16H2,1-4H3. The molecule has 0 radical (unpaired) electrons. The average molecular weight is 359 g/mol. The normalized spacial score (nSPS) is 13.7. The highest BCUT2D eigenvalue weighted by molar-refractivity contribution is 8.76. The minimum absolute atomic E-state index is 0.770. The molecule has 0 amide bonds. The van der Waals surface area contributed by atoms with E-state index in [-0.39, 0.29) is 0 Å². The van der Waals surface area contributed by atoms with Crippen molar-refractivity contribution in [3.05, 3.63) is 59.7 Å².